The summed E-state index contributed by atoms with van der Waals surface area (Å²) in [5, 5.41) is 0. The SMILES string of the molecule is CC(C)Oc1cncc(C(C)(C)N)c1. The monoisotopic (exact) mass is 194 g/mol. The summed E-state index contributed by atoms with van der Waals surface area (Å²) in [6.07, 6.45) is 3.63. The highest BCUT2D eigenvalue weighted by molar-refractivity contribution is 5.28. The summed E-state index contributed by atoms with van der Waals surface area (Å²) >= 11 is 0. The molecular formula is C11H18N2O. The van der Waals surface area contributed by atoms with E-state index < -0.39 is 0 Å². The zero-order valence-corrected chi connectivity index (χ0v) is 9.24. The second-order valence-electron chi connectivity index (χ2n) is 4.30. The highest BCUT2D eigenvalue weighted by Crippen LogP contribution is 2.20. The molecule has 0 saturated carbocycles. The molecule has 3 nitrogen and oxygen atoms in total. The molecule has 0 aliphatic rings. The van der Waals surface area contributed by atoms with E-state index in [0.717, 1.165) is 11.3 Å². The van der Waals surface area contributed by atoms with Crippen LogP contribution in [0.4, 0.5) is 0 Å². The minimum atomic E-state index is -0.372. The number of aromatic nitrogens is 1. The molecule has 0 radical (unpaired) electrons. The van der Waals surface area contributed by atoms with E-state index in [2.05, 4.69) is 4.98 Å². The molecule has 0 fully saturated rings. The molecule has 0 unspecified atom stereocenters. The van der Waals surface area contributed by atoms with E-state index in [1.807, 2.05) is 33.8 Å². The largest absolute Gasteiger partial charge is 0.489 e. The second-order valence-corrected chi connectivity index (χ2v) is 4.30. The van der Waals surface area contributed by atoms with Crippen LogP contribution in [0.25, 0.3) is 0 Å². The molecule has 78 valence electrons. The number of ether oxygens (including phenoxy) is 1. The summed E-state index contributed by atoms with van der Waals surface area (Å²) in [5.74, 6) is 0.774. The van der Waals surface area contributed by atoms with Crippen LogP contribution in [0.3, 0.4) is 0 Å². The Morgan fingerprint density at radius 2 is 2.00 bits per heavy atom. The van der Waals surface area contributed by atoms with E-state index in [1.54, 1.807) is 12.4 Å². The van der Waals surface area contributed by atoms with Gasteiger partial charge < -0.3 is 10.5 Å². The van der Waals surface area contributed by atoms with Gasteiger partial charge in [0.05, 0.1) is 12.3 Å². The van der Waals surface area contributed by atoms with Crippen LogP contribution in [0.5, 0.6) is 5.75 Å². The van der Waals surface area contributed by atoms with Crippen molar-refractivity contribution in [2.24, 2.45) is 5.73 Å². The fourth-order valence-corrected chi connectivity index (χ4v) is 1.11. The van der Waals surface area contributed by atoms with Gasteiger partial charge in [-0.1, -0.05) is 0 Å². The molecule has 1 aromatic rings. The van der Waals surface area contributed by atoms with Crippen LogP contribution in [0.2, 0.25) is 0 Å². The van der Waals surface area contributed by atoms with Crippen molar-refractivity contribution in [3.05, 3.63) is 24.0 Å². The fraction of sp³-hybridized carbons (Fsp3) is 0.545. The first-order chi connectivity index (χ1) is 6.39. The van der Waals surface area contributed by atoms with Gasteiger partial charge in [-0.3, -0.25) is 4.98 Å². The number of nitrogens with zero attached hydrogens (tertiary/aromatic N) is 1. The fourth-order valence-electron chi connectivity index (χ4n) is 1.11. The third-order valence-corrected chi connectivity index (χ3v) is 1.83. The molecule has 1 rings (SSSR count). The van der Waals surface area contributed by atoms with Gasteiger partial charge in [-0.2, -0.15) is 0 Å². The van der Waals surface area contributed by atoms with Crippen molar-refractivity contribution in [1.29, 1.82) is 0 Å². The third kappa shape index (κ3) is 3.00. The van der Waals surface area contributed by atoms with Crippen molar-refractivity contribution in [2.75, 3.05) is 0 Å². The Bertz CT molecular complexity index is 302. The molecular weight excluding hydrogens is 176 g/mol. The van der Waals surface area contributed by atoms with Gasteiger partial charge in [0.1, 0.15) is 5.75 Å². The Labute approximate surface area is 85.3 Å². The molecule has 3 heteroatoms. The second kappa shape index (κ2) is 3.96. The standard InChI is InChI=1S/C11H18N2O/c1-8(2)14-10-5-9(6-13-7-10)11(3,4)12/h5-8H,12H2,1-4H3. The van der Waals surface area contributed by atoms with E-state index >= 15 is 0 Å². The Balaban J connectivity index is 2.90. The minimum Gasteiger partial charge on any atom is -0.489 e. The maximum absolute atomic E-state index is 5.96. The first-order valence-corrected chi connectivity index (χ1v) is 4.80. The average Bonchev–Trinajstić information content (AvgIpc) is 2.01. The summed E-state index contributed by atoms with van der Waals surface area (Å²) < 4.78 is 5.53. The Hall–Kier alpha value is -1.09. The first kappa shape index (κ1) is 11.0. The number of hydrogen-bond donors (Lipinski definition) is 1. The molecule has 0 aromatic carbocycles. The third-order valence-electron chi connectivity index (χ3n) is 1.83. The van der Waals surface area contributed by atoms with Crippen molar-refractivity contribution in [3.8, 4) is 5.75 Å². The topological polar surface area (TPSA) is 48.1 Å². The maximum atomic E-state index is 5.96. The zero-order valence-electron chi connectivity index (χ0n) is 9.24. The van der Waals surface area contributed by atoms with Gasteiger partial charge in [-0.05, 0) is 39.3 Å². The minimum absolute atomic E-state index is 0.160. The lowest BCUT2D eigenvalue weighted by atomic mass is 9.98. The predicted molar refractivity (Wildman–Crippen MR) is 57.2 cm³/mol. The molecule has 0 saturated heterocycles. The average molecular weight is 194 g/mol. The zero-order chi connectivity index (χ0) is 10.8. The van der Waals surface area contributed by atoms with Crippen LogP contribution in [-0.2, 0) is 5.54 Å². The van der Waals surface area contributed by atoms with Crippen LogP contribution < -0.4 is 10.5 Å². The van der Waals surface area contributed by atoms with Gasteiger partial charge in [-0.25, -0.2) is 0 Å². The van der Waals surface area contributed by atoms with Crippen LogP contribution in [-0.4, -0.2) is 11.1 Å². The highest BCUT2D eigenvalue weighted by atomic mass is 16.5. The summed E-state index contributed by atoms with van der Waals surface area (Å²) in [6, 6.07) is 1.94. The number of rotatable bonds is 3. The van der Waals surface area contributed by atoms with Gasteiger partial charge in [0.2, 0.25) is 0 Å². The van der Waals surface area contributed by atoms with Crippen LogP contribution in [0.15, 0.2) is 18.5 Å². The van der Waals surface area contributed by atoms with Gasteiger partial charge in [0.15, 0.2) is 0 Å². The molecule has 1 heterocycles. The summed E-state index contributed by atoms with van der Waals surface area (Å²) in [6.45, 7) is 7.87. The Morgan fingerprint density at radius 1 is 1.36 bits per heavy atom. The molecule has 0 aliphatic heterocycles. The van der Waals surface area contributed by atoms with Crippen LogP contribution in [0, 0.1) is 0 Å². The van der Waals surface area contributed by atoms with Gasteiger partial charge in [0, 0.05) is 11.7 Å². The van der Waals surface area contributed by atoms with Gasteiger partial charge >= 0.3 is 0 Å². The number of nitrogens with two attached hydrogens (primary N) is 1. The van der Waals surface area contributed by atoms with E-state index in [-0.39, 0.29) is 11.6 Å². The summed E-state index contributed by atoms with van der Waals surface area (Å²) in [5.41, 5.74) is 6.57. The Morgan fingerprint density at radius 3 is 2.50 bits per heavy atom. The lowest BCUT2D eigenvalue weighted by molar-refractivity contribution is 0.241. The molecule has 0 atom stereocenters. The van der Waals surface area contributed by atoms with E-state index in [9.17, 15) is 0 Å². The molecule has 2 N–H and O–H groups in total. The molecule has 14 heavy (non-hydrogen) atoms. The molecule has 0 spiro atoms. The Kier molecular flexibility index (Phi) is 3.11. The van der Waals surface area contributed by atoms with E-state index in [1.165, 1.54) is 0 Å². The summed E-state index contributed by atoms with van der Waals surface area (Å²) in [4.78, 5) is 4.10. The lowest BCUT2D eigenvalue weighted by Gasteiger charge is -2.19. The maximum Gasteiger partial charge on any atom is 0.138 e. The highest BCUT2D eigenvalue weighted by Gasteiger charge is 2.15. The first-order valence-electron chi connectivity index (χ1n) is 4.80. The predicted octanol–water partition coefficient (Wildman–Crippen LogP) is 2.06. The van der Waals surface area contributed by atoms with Crippen LogP contribution >= 0.6 is 0 Å². The van der Waals surface area contributed by atoms with E-state index in [0.29, 0.717) is 0 Å². The molecule has 0 amide bonds. The van der Waals surface area contributed by atoms with Gasteiger partial charge in [-0.15, -0.1) is 0 Å². The van der Waals surface area contributed by atoms with E-state index in [4.69, 9.17) is 10.5 Å². The number of hydrogen-bond acceptors (Lipinski definition) is 3. The lowest BCUT2D eigenvalue weighted by Crippen LogP contribution is -2.28. The molecule has 0 bridgehead atoms. The summed E-state index contributed by atoms with van der Waals surface area (Å²) in [7, 11) is 0. The van der Waals surface area contributed by atoms with Crippen molar-refractivity contribution in [2.45, 2.75) is 39.3 Å². The molecule has 0 aliphatic carbocycles. The van der Waals surface area contributed by atoms with Crippen LogP contribution in [0.1, 0.15) is 33.3 Å². The molecule has 1 aromatic heterocycles. The number of pyridine rings is 1. The smallest absolute Gasteiger partial charge is 0.138 e. The van der Waals surface area contributed by atoms with Crippen molar-refractivity contribution in [3.63, 3.8) is 0 Å². The normalized spacial score (nSPS) is 11.9. The van der Waals surface area contributed by atoms with Crippen molar-refractivity contribution in [1.82, 2.24) is 4.98 Å². The van der Waals surface area contributed by atoms with Crippen molar-refractivity contribution >= 4 is 0 Å². The quantitative estimate of drug-likeness (QED) is 0.801. The van der Waals surface area contributed by atoms with Gasteiger partial charge in [0.25, 0.3) is 0 Å². The van der Waals surface area contributed by atoms with Crippen molar-refractivity contribution < 1.29 is 4.74 Å².